The maximum atomic E-state index is 8.81. The number of hydrogen-bond acceptors (Lipinski definition) is 3. The van der Waals surface area contributed by atoms with Crippen LogP contribution < -0.4 is 5.73 Å². The Hall–Kier alpha value is 0.170. The summed E-state index contributed by atoms with van der Waals surface area (Å²) in [5.41, 5.74) is 5.40. The molecule has 56 valence electrons. The summed E-state index contributed by atoms with van der Waals surface area (Å²) < 4.78 is 4.88. The third-order valence-electron chi connectivity index (χ3n) is 1.65. The molecule has 3 N–H and O–H groups in total. The van der Waals surface area contributed by atoms with Crippen LogP contribution in [0.15, 0.2) is 0 Å². The van der Waals surface area contributed by atoms with Gasteiger partial charge in [-0.3, -0.25) is 0 Å². The SMILES string of the molecule is CO[C@@H]1C[C@H](O)[C@H]1N.Cl. The molecule has 0 saturated heterocycles. The lowest BCUT2D eigenvalue weighted by Gasteiger charge is -2.37. The molecule has 0 radical (unpaired) electrons. The number of ether oxygens (including phenoxy) is 1. The zero-order valence-electron chi connectivity index (χ0n) is 5.28. The van der Waals surface area contributed by atoms with Crippen molar-refractivity contribution in [3.8, 4) is 0 Å². The first kappa shape index (κ1) is 9.17. The molecular formula is C5H12ClNO2. The van der Waals surface area contributed by atoms with Crippen LogP contribution in [0.25, 0.3) is 0 Å². The van der Waals surface area contributed by atoms with Gasteiger partial charge in [-0.25, -0.2) is 0 Å². The maximum Gasteiger partial charge on any atom is 0.0772 e. The molecule has 1 aliphatic rings. The summed E-state index contributed by atoms with van der Waals surface area (Å²) in [6.45, 7) is 0. The van der Waals surface area contributed by atoms with E-state index in [4.69, 9.17) is 15.6 Å². The molecule has 0 unspecified atom stereocenters. The largest absolute Gasteiger partial charge is 0.391 e. The van der Waals surface area contributed by atoms with Crippen molar-refractivity contribution in [1.29, 1.82) is 0 Å². The smallest absolute Gasteiger partial charge is 0.0772 e. The summed E-state index contributed by atoms with van der Waals surface area (Å²) in [7, 11) is 1.61. The molecule has 0 aromatic carbocycles. The van der Waals surface area contributed by atoms with Crippen molar-refractivity contribution in [1.82, 2.24) is 0 Å². The normalized spacial score (nSPS) is 41.0. The second-order valence-electron chi connectivity index (χ2n) is 2.15. The standard InChI is InChI=1S/C5H11NO2.ClH/c1-8-4-2-3(7)5(4)6;/h3-5,7H,2,6H2,1H3;1H/t3-,4+,5+;/m0./s1. The van der Waals surface area contributed by atoms with E-state index < -0.39 is 0 Å². The molecule has 0 aliphatic heterocycles. The van der Waals surface area contributed by atoms with Gasteiger partial charge < -0.3 is 15.6 Å². The Kier molecular flexibility index (Phi) is 3.43. The van der Waals surface area contributed by atoms with Gasteiger partial charge in [0.2, 0.25) is 0 Å². The molecule has 4 heteroatoms. The predicted octanol–water partition coefficient (Wildman–Crippen LogP) is -0.485. The molecule has 9 heavy (non-hydrogen) atoms. The Morgan fingerprint density at radius 3 is 2.33 bits per heavy atom. The topological polar surface area (TPSA) is 55.5 Å². The highest BCUT2D eigenvalue weighted by molar-refractivity contribution is 5.85. The molecule has 0 aromatic heterocycles. The predicted molar refractivity (Wildman–Crippen MR) is 36.6 cm³/mol. The van der Waals surface area contributed by atoms with Crippen LogP contribution in [0.2, 0.25) is 0 Å². The molecule has 1 aliphatic carbocycles. The summed E-state index contributed by atoms with van der Waals surface area (Å²) in [6, 6.07) is -0.153. The van der Waals surface area contributed by atoms with Crippen molar-refractivity contribution < 1.29 is 9.84 Å². The Bertz CT molecular complexity index is 91.0. The minimum absolute atomic E-state index is 0. The third-order valence-corrected chi connectivity index (χ3v) is 1.65. The summed E-state index contributed by atoms with van der Waals surface area (Å²) in [4.78, 5) is 0. The average molecular weight is 154 g/mol. The monoisotopic (exact) mass is 153 g/mol. The van der Waals surface area contributed by atoms with Gasteiger partial charge in [-0.1, -0.05) is 0 Å². The Balaban J connectivity index is 0.000000640. The second-order valence-corrected chi connectivity index (χ2v) is 2.15. The number of hydrogen-bond donors (Lipinski definition) is 2. The van der Waals surface area contributed by atoms with Crippen molar-refractivity contribution in [3.63, 3.8) is 0 Å². The van der Waals surface area contributed by atoms with Crippen molar-refractivity contribution in [2.75, 3.05) is 7.11 Å². The van der Waals surface area contributed by atoms with Gasteiger partial charge in [0, 0.05) is 13.5 Å². The van der Waals surface area contributed by atoms with Crippen LogP contribution in [0, 0.1) is 0 Å². The van der Waals surface area contributed by atoms with Crippen LogP contribution in [0.4, 0.5) is 0 Å². The molecule has 1 fully saturated rings. The Morgan fingerprint density at radius 1 is 1.67 bits per heavy atom. The van der Waals surface area contributed by atoms with Crippen LogP contribution >= 0.6 is 12.4 Å². The highest BCUT2D eigenvalue weighted by atomic mass is 35.5. The molecule has 3 atom stereocenters. The molecule has 0 aromatic rings. The Labute approximate surface area is 60.6 Å². The van der Waals surface area contributed by atoms with Gasteiger partial charge in [0.15, 0.2) is 0 Å². The van der Waals surface area contributed by atoms with E-state index in [2.05, 4.69) is 0 Å². The summed E-state index contributed by atoms with van der Waals surface area (Å²) in [6.07, 6.45) is 0.447. The van der Waals surface area contributed by atoms with Crippen molar-refractivity contribution in [3.05, 3.63) is 0 Å². The fourth-order valence-electron chi connectivity index (χ4n) is 0.858. The lowest BCUT2D eigenvalue weighted by molar-refractivity contribution is -0.0706. The summed E-state index contributed by atoms with van der Waals surface area (Å²) in [5.74, 6) is 0. The number of aliphatic hydroxyl groups is 1. The average Bonchev–Trinajstić information content (AvgIpc) is 1.81. The fourth-order valence-corrected chi connectivity index (χ4v) is 0.858. The highest BCUT2D eigenvalue weighted by Gasteiger charge is 2.36. The number of nitrogens with two attached hydrogens (primary N) is 1. The van der Waals surface area contributed by atoms with Gasteiger partial charge in [-0.05, 0) is 0 Å². The lowest BCUT2D eigenvalue weighted by atomic mass is 9.86. The first-order valence-electron chi connectivity index (χ1n) is 2.72. The molecular weight excluding hydrogens is 142 g/mol. The van der Waals surface area contributed by atoms with Crippen LogP contribution in [-0.4, -0.2) is 30.5 Å². The zero-order valence-corrected chi connectivity index (χ0v) is 6.10. The van der Waals surface area contributed by atoms with Crippen LogP contribution in [0.3, 0.4) is 0 Å². The first-order valence-corrected chi connectivity index (χ1v) is 2.72. The van der Waals surface area contributed by atoms with E-state index in [1.807, 2.05) is 0 Å². The quantitative estimate of drug-likeness (QED) is 0.535. The third kappa shape index (κ3) is 1.55. The van der Waals surface area contributed by atoms with Gasteiger partial charge in [0.1, 0.15) is 0 Å². The summed E-state index contributed by atoms with van der Waals surface area (Å²) >= 11 is 0. The van der Waals surface area contributed by atoms with Crippen molar-refractivity contribution in [2.45, 2.75) is 24.7 Å². The van der Waals surface area contributed by atoms with E-state index in [9.17, 15) is 0 Å². The molecule has 1 rings (SSSR count). The van der Waals surface area contributed by atoms with E-state index in [1.54, 1.807) is 7.11 Å². The minimum Gasteiger partial charge on any atom is -0.391 e. The highest BCUT2D eigenvalue weighted by Crippen LogP contribution is 2.20. The molecule has 0 amide bonds. The van der Waals surface area contributed by atoms with Crippen LogP contribution in [0.1, 0.15) is 6.42 Å². The van der Waals surface area contributed by atoms with E-state index in [0.29, 0.717) is 6.42 Å². The number of aliphatic hydroxyl groups excluding tert-OH is 1. The fraction of sp³-hybridized carbons (Fsp3) is 1.00. The van der Waals surface area contributed by atoms with Crippen molar-refractivity contribution >= 4 is 12.4 Å². The van der Waals surface area contributed by atoms with E-state index in [-0.39, 0.29) is 30.7 Å². The van der Waals surface area contributed by atoms with E-state index in [1.165, 1.54) is 0 Å². The first-order chi connectivity index (χ1) is 3.75. The molecule has 3 nitrogen and oxygen atoms in total. The van der Waals surface area contributed by atoms with Gasteiger partial charge in [0.25, 0.3) is 0 Å². The van der Waals surface area contributed by atoms with Gasteiger partial charge >= 0.3 is 0 Å². The van der Waals surface area contributed by atoms with Gasteiger partial charge in [-0.2, -0.15) is 0 Å². The second kappa shape index (κ2) is 3.37. The van der Waals surface area contributed by atoms with Gasteiger partial charge in [0.05, 0.1) is 18.2 Å². The number of methoxy groups -OCH3 is 1. The maximum absolute atomic E-state index is 8.81. The van der Waals surface area contributed by atoms with E-state index >= 15 is 0 Å². The minimum atomic E-state index is -0.333. The molecule has 0 spiro atoms. The Morgan fingerprint density at radius 2 is 2.22 bits per heavy atom. The summed E-state index contributed by atoms with van der Waals surface area (Å²) in [5, 5.41) is 8.81. The molecule has 1 saturated carbocycles. The molecule has 0 bridgehead atoms. The van der Waals surface area contributed by atoms with E-state index in [0.717, 1.165) is 0 Å². The van der Waals surface area contributed by atoms with Crippen LogP contribution in [0.5, 0.6) is 0 Å². The lowest BCUT2D eigenvalue weighted by Crippen LogP contribution is -2.57. The van der Waals surface area contributed by atoms with Crippen LogP contribution in [-0.2, 0) is 4.74 Å². The van der Waals surface area contributed by atoms with Gasteiger partial charge in [-0.15, -0.1) is 12.4 Å². The number of rotatable bonds is 1. The zero-order chi connectivity index (χ0) is 6.15. The molecule has 0 heterocycles. The number of halogens is 1. The van der Waals surface area contributed by atoms with Crippen molar-refractivity contribution in [2.24, 2.45) is 5.73 Å².